The second kappa shape index (κ2) is 10.7. The summed E-state index contributed by atoms with van der Waals surface area (Å²) >= 11 is 5.11. The van der Waals surface area contributed by atoms with Gasteiger partial charge >= 0.3 is 5.97 Å². The van der Waals surface area contributed by atoms with Crippen molar-refractivity contribution in [3.63, 3.8) is 0 Å². The monoisotopic (exact) mass is 556 g/mol. The van der Waals surface area contributed by atoms with E-state index in [-0.39, 0.29) is 22.0 Å². The lowest BCUT2D eigenvalue weighted by Crippen LogP contribution is -2.48. The Morgan fingerprint density at radius 1 is 1.29 bits per heavy atom. The number of hydrogen-bond donors (Lipinski definition) is 0. The molecule has 3 aliphatic rings. The van der Waals surface area contributed by atoms with Gasteiger partial charge in [-0.1, -0.05) is 22.1 Å². The lowest BCUT2D eigenvalue weighted by molar-refractivity contribution is 0.0600. The number of carbonyl (C=O) groups is 1. The highest BCUT2D eigenvalue weighted by Crippen LogP contribution is 2.46. The summed E-state index contributed by atoms with van der Waals surface area (Å²) < 4.78 is 28.1. The van der Waals surface area contributed by atoms with Gasteiger partial charge in [0.05, 0.1) is 31.2 Å². The molecule has 1 unspecified atom stereocenters. The molecule has 0 bridgehead atoms. The largest absolute Gasteiger partial charge is 0.591 e. The number of methoxy groups -OCH3 is 1. The molecule has 5 rings (SSSR count). The smallest absolute Gasteiger partial charge is 0.337 e. The van der Waals surface area contributed by atoms with Crippen LogP contribution in [0.1, 0.15) is 67.9 Å². The van der Waals surface area contributed by atoms with Gasteiger partial charge in [-0.15, -0.1) is 0 Å². The normalized spacial score (nSPS) is 25.7. The first-order chi connectivity index (χ1) is 18.1. The molecule has 1 saturated carbocycles. The van der Waals surface area contributed by atoms with Gasteiger partial charge in [-0.3, -0.25) is 0 Å². The van der Waals surface area contributed by atoms with E-state index < -0.39 is 11.4 Å². The zero-order valence-corrected chi connectivity index (χ0v) is 24.2. The van der Waals surface area contributed by atoms with Gasteiger partial charge < -0.3 is 18.9 Å². The number of esters is 1. The lowest BCUT2D eigenvalue weighted by Gasteiger charge is -2.43. The number of hydrogen-bond acceptors (Lipinski definition) is 6. The van der Waals surface area contributed by atoms with Gasteiger partial charge in [0, 0.05) is 29.4 Å². The van der Waals surface area contributed by atoms with Crippen LogP contribution in [0.25, 0.3) is 0 Å². The first-order valence-electron chi connectivity index (χ1n) is 13.4. The average molecular weight is 557 g/mol. The first-order valence-corrected chi connectivity index (χ1v) is 14.9. The molecule has 0 saturated heterocycles. The number of nitrogens with zero attached hydrogens (tertiary/aromatic N) is 2. The predicted octanol–water partition coefficient (Wildman–Crippen LogP) is 6.16. The van der Waals surface area contributed by atoms with E-state index in [0.717, 1.165) is 61.7 Å². The molecule has 2 aromatic carbocycles. The maximum atomic E-state index is 12.5. The van der Waals surface area contributed by atoms with Gasteiger partial charge in [-0.05, 0) is 100 Å². The quantitative estimate of drug-likeness (QED) is 0.250. The van der Waals surface area contributed by atoms with E-state index in [1.807, 2.05) is 45.2 Å². The summed E-state index contributed by atoms with van der Waals surface area (Å²) in [6, 6.07) is 11.8. The van der Waals surface area contributed by atoms with Crippen LogP contribution >= 0.6 is 11.6 Å². The van der Waals surface area contributed by atoms with Gasteiger partial charge in [-0.2, -0.15) is 0 Å². The Balaban J connectivity index is 1.48. The fourth-order valence-electron chi connectivity index (χ4n) is 5.95. The molecule has 1 heterocycles. The van der Waals surface area contributed by atoms with Crippen molar-refractivity contribution in [3.05, 3.63) is 58.1 Å². The Morgan fingerprint density at radius 3 is 2.82 bits per heavy atom. The van der Waals surface area contributed by atoms with E-state index in [1.54, 1.807) is 6.07 Å². The third-order valence-corrected chi connectivity index (χ3v) is 9.86. The molecule has 204 valence electrons. The number of anilines is 1. The third kappa shape index (κ3) is 5.43. The molecule has 2 aromatic rings. The van der Waals surface area contributed by atoms with Crippen LogP contribution in [0.4, 0.5) is 5.69 Å². The van der Waals surface area contributed by atoms with E-state index in [2.05, 4.69) is 21.4 Å². The summed E-state index contributed by atoms with van der Waals surface area (Å²) in [5.41, 5.74) is 3.87. The van der Waals surface area contributed by atoms with Crippen LogP contribution in [0.3, 0.4) is 0 Å². The topological polar surface area (TPSA) is 74.2 Å². The van der Waals surface area contributed by atoms with Gasteiger partial charge in [-0.25, -0.2) is 4.79 Å². The van der Waals surface area contributed by atoms with E-state index >= 15 is 0 Å². The summed E-state index contributed by atoms with van der Waals surface area (Å²) in [4.78, 5) is 14.8. The van der Waals surface area contributed by atoms with Crippen LogP contribution < -0.4 is 9.64 Å². The molecule has 1 aliphatic heterocycles. The summed E-state index contributed by atoms with van der Waals surface area (Å²) in [6.45, 7) is 8.00. The van der Waals surface area contributed by atoms with Crippen molar-refractivity contribution in [2.24, 2.45) is 16.2 Å². The second-order valence-corrected chi connectivity index (χ2v) is 14.3. The third-order valence-electron chi connectivity index (χ3n) is 8.26. The van der Waals surface area contributed by atoms with Gasteiger partial charge in [0.15, 0.2) is 0 Å². The molecule has 0 amide bonds. The summed E-state index contributed by atoms with van der Waals surface area (Å²) in [5.74, 6) is 1.09. The van der Waals surface area contributed by atoms with Crippen molar-refractivity contribution >= 4 is 40.8 Å². The van der Waals surface area contributed by atoms with Crippen LogP contribution in [0.2, 0.25) is 5.02 Å². The molecule has 2 aliphatic carbocycles. The fourth-order valence-corrected chi connectivity index (χ4v) is 6.73. The average Bonchev–Trinajstić information content (AvgIpc) is 3.02. The molecule has 1 fully saturated rings. The Hall–Kier alpha value is -2.22. The van der Waals surface area contributed by atoms with Crippen LogP contribution in [0.15, 0.2) is 40.8 Å². The second-order valence-electron chi connectivity index (χ2n) is 11.9. The molecular weight excluding hydrogens is 520 g/mol. The van der Waals surface area contributed by atoms with Crippen molar-refractivity contribution in [2.45, 2.75) is 63.0 Å². The van der Waals surface area contributed by atoms with Crippen LogP contribution in [-0.4, -0.2) is 48.3 Å². The highest BCUT2D eigenvalue weighted by molar-refractivity contribution is 7.91. The summed E-state index contributed by atoms with van der Waals surface area (Å²) in [5, 5.41) is 0.766. The maximum absolute atomic E-state index is 12.5. The van der Waals surface area contributed by atoms with Crippen LogP contribution in [0.5, 0.6) is 5.75 Å². The lowest BCUT2D eigenvalue weighted by atomic mass is 9.69. The Labute approximate surface area is 234 Å². The zero-order chi connectivity index (χ0) is 27.1. The molecule has 38 heavy (non-hydrogen) atoms. The first kappa shape index (κ1) is 27.4. The number of benzene rings is 2. The standard InChI is InChI=1S/C30H37ClN2O4S/c1-29(2,3)38(35)32-16-22-7-8-23(22)17-33-18-30(13-5-6-20-14-24(31)10-11-25(20)30)19-37-27-12-9-21(15-26(27)33)28(34)36-4/h9-12,14-16,22-23H,5-8,13,17-19H2,1-4H3/t22-,23-,30-,38?/m0/s1. The zero-order valence-electron chi connectivity index (χ0n) is 22.7. The number of ether oxygens (including phenoxy) is 2. The van der Waals surface area contributed by atoms with Crippen molar-refractivity contribution < 1.29 is 18.8 Å². The minimum atomic E-state index is -1.26. The van der Waals surface area contributed by atoms with Crippen molar-refractivity contribution in [1.29, 1.82) is 0 Å². The molecule has 4 atom stereocenters. The van der Waals surface area contributed by atoms with Crippen LogP contribution in [-0.2, 0) is 27.9 Å². The van der Waals surface area contributed by atoms with E-state index in [4.69, 9.17) is 21.1 Å². The summed E-state index contributed by atoms with van der Waals surface area (Å²) in [7, 11) is 1.40. The molecule has 0 N–H and O–H groups in total. The van der Waals surface area contributed by atoms with E-state index in [1.165, 1.54) is 18.2 Å². The van der Waals surface area contributed by atoms with Crippen molar-refractivity contribution in [3.8, 4) is 5.75 Å². The highest BCUT2D eigenvalue weighted by Gasteiger charge is 2.43. The minimum Gasteiger partial charge on any atom is -0.591 e. The Kier molecular flexibility index (Phi) is 7.73. The molecular formula is C30H37ClN2O4S. The Morgan fingerprint density at radius 2 is 2.11 bits per heavy atom. The number of rotatable bonds is 5. The molecule has 0 aromatic heterocycles. The molecule has 6 nitrogen and oxygen atoms in total. The minimum absolute atomic E-state index is 0.177. The van der Waals surface area contributed by atoms with E-state index in [0.29, 0.717) is 18.1 Å². The fraction of sp³-hybridized carbons (Fsp3) is 0.533. The number of aryl methyl sites for hydroxylation is 1. The number of fused-ring (bicyclic) bond motifs is 3. The predicted molar refractivity (Wildman–Crippen MR) is 154 cm³/mol. The summed E-state index contributed by atoms with van der Waals surface area (Å²) in [6.07, 6.45) is 7.16. The van der Waals surface area contributed by atoms with Gasteiger partial charge in [0.2, 0.25) is 0 Å². The SMILES string of the molecule is COC(=O)c1ccc2c(c1)N(C[C@@H]1CC[C@H]1C=N[S+]([O-])C(C)(C)C)C[C@@]1(CCCc3cc(Cl)ccc31)CO2. The van der Waals surface area contributed by atoms with Crippen molar-refractivity contribution in [2.75, 3.05) is 31.7 Å². The highest BCUT2D eigenvalue weighted by atomic mass is 35.5. The molecule has 1 spiro atoms. The number of carbonyl (C=O) groups excluding carboxylic acids is 1. The van der Waals surface area contributed by atoms with Gasteiger partial charge in [0.1, 0.15) is 21.9 Å². The molecule has 8 heteroatoms. The maximum Gasteiger partial charge on any atom is 0.337 e. The number of halogens is 1. The van der Waals surface area contributed by atoms with Crippen molar-refractivity contribution in [1.82, 2.24) is 0 Å². The Bertz CT molecular complexity index is 1230. The van der Waals surface area contributed by atoms with E-state index in [9.17, 15) is 9.35 Å². The van der Waals surface area contributed by atoms with Gasteiger partial charge in [0.25, 0.3) is 0 Å². The molecule has 0 radical (unpaired) electrons. The van der Waals surface area contributed by atoms with Crippen LogP contribution in [0, 0.1) is 11.8 Å².